The fourth-order valence-corrected chi connectivity index (χ4v) is 3.26. The number of anilines is 1. The van der Waals surface area contributed by atoms with E-state index in [-0.39, 0.29) is 11.7 Å². The summed E-state index contributed by atoms with van der Waals surface area (Å²) in [6.07, 6.45) is -2.75. The molecule has 1 N–H and O–H groups in total. The summed E-state index contributed by atoms with van der Waals surface area (Å²) in [6, 6.07) is 6.83. The lowest BCUT2D eigenvalue weighted by atomic mass is 10.1. The first kappa shape index (κ1) is 19.2. The number of hydrogen-bond acceptors (Lipinski definition) is 5. The molecule has 3 aromatic rings. The normalized spacial score (nSPS) is 15.3. The highest BCUT2D eigenvalue weighted by Gasteiger charge is 2.33. The monoisotopic (exact) mass is 405 g/mol. The molecular formula is C19H18F3N5O2. The predicted octanol–water partition coefficient (Wildman–Crippen LogP) is 3.20. The van der Waals surface area contributed by atoms with Crippen molar-refractivity contribution >= 4 is 22.5 Å². The second kappa shape index (κ2) is 7.03. The Morgan fingerprint density at radius 3 is 2.69 bits per heavy atom. The van der Waals surface area contributed by atoms with Crippen molar-refractivity contribution in [2.75, 3.05) is 32.6 Å². The molecular weight excluding hydrogens is 387 g/mol. The topological polar surface area (TPSA) is 72.3 Å². The zero-order valence-corrected chi connectivity index (χ0v) is 15.7. The number of pyridine rings is 1. The maximum absolute atomic E-state index is 12.9. The summed E-state index contributed by atoms with van der Waals surface area (Å²) in [7, 11) is 3.47. The zero-order valence-electron chi connectivity index (χ0n) is 15.7. The molecule has 1 fully saturated rings. The van der Waals surface area contributed by atoms with E-state index in [1.54, 1.807) is 12.1 Å². The molecule has 152 valence electrons. The molecule has 4 rings (SSSR count). The minimum atomic E-state index is -4.63. The number of likely N-dealkylation sites (tertiary alicyclic amines) is 1. The van der Waals surface area contributed by atoms with E-state index in [0.717, 1.165) is 30.6 Å². The van der Waals surface area contributed by atoms with Gasteiger partial charge in [-0.1, -0.05) is 6.07 Å². The van der Waals surface area contributed by atoms with Crippen LogP contribution in [0.25, 0.3) is 10.9 Å². The average Bonchev–Trinajstić information content (AvgIpc) is 3.06. The molecule has 1 aliphatic rings. The third-order valence-corrected chi connectivity index (χ3v) is 4.78. The molecule has 0 spiro atoms. The summed E-state index contributed by atoms with van der Waals surface area (Å²) in [5.41, 5.74) is -0.435. The maximum atomic E-state index is 12.9. The number of nitrogens with zero attached hydrogens (tertiary/aromatic N) is 4. The van der Waals surface area contributed by atoms with E-state index >= 15 is 0 Å². The maximum Gasteiger partial charge on any atom is 0.433 e. The molecule has 1 aliphatic heterocycles. The van der Waals surface area contributed by atoms with Crippen molar-refractivity contribution in [2.45, 2.75) is 12.2 Å². The van der Waals surface area contributed by atoms with Crippen LogP contribution in [-0.2, 0) is 6.18 Å². The number of halogens is 3. The van der Waals surface area contributed by atoms with E-state index in [4.69, 9.17) is 4.74 Å². The van der Waals surface area contributed by atoms with Crippen LogP contribution in [0.15, 0.2) is 36.5 Å². The van der Waals surface area contributed by atoms with Gasteiger partial charge in [0.25, 0.3) is 5.91 Å². The van der Waals surface area contributed by atoms with Gasteiger partial charge in [-0.2, -0.15) is 18.3 Å². The third kappa shape index (κ3) is 3.75. The Morgan fingerprint density at radius 2 is 2.03 bits per heavy atom. The molecule has 2 aromatic heterocycles. The van der Waals surface area contributed by atoms with Gasteiger partial charge in [0.1, 0.15) is 17.1 Å². The van der Waals surface area contributed by atoms with Gasteiger partial charge >= 0.3 is 6.18 Å². The van der Waals surface area contributed by atoms with Crippen LogP contribution < -0.4 is 10.1 Å². The van der Waals surface area contributed by atoms with Crippen LogP contribution in [0.4, 0.5) is 18.9 Å². The first-order chi connectivity index (χ1) is 13.7. The summed E-state index contributed by atoms with van der Waals surface area (Å²) in [6.45, 7) is 1.80. The van der Waals surface area contributed by atoms with Crippen LogP contribution in [0.3, 0.4) is 0 Å². The standard InChI is InChI=1S/C19H18F3N5O2/c1-26-9-12(10-26)27-8-11-6-15(16(29-2)7-14(11)25-27)24-18(28)13-4-3-5-17(23-13)19(20,21)22/h3-8,12H,9-10H2,1-2H3,(H,24,28). The molecule has 0 atom stereocenters. The number of rotatable bonds is 4. The van der Waals surface area contributed by atoms with Crippen LogP contribution in [0, 0.1) is 0 Å². The van der Waals surface area contributed by atoms with E-state index in [1.165, 1.54) is 13.2 Å². The number of benzene rings is 1. The first-order valence-electron chi connectivity index (χ1n) is 8.85. The van der Waals surface area contributed by atoms with Gasteiger partial charge in [0.2, 0.25) is 0 Å². The molecule has 1 amide bonds. The van der Waals surface area contributed by atoms with Crippen molar-refractivity contribution in [3.05, 3.63) is 47.9 Å². The van der Waals surface area contributed by atoms with E-state index in [9.17, 15) is 18.0 Å². The summed E-state index contributed by atoms with van der Waals surface area (Å²) in [5.74, 6) is -0.407. The fourth-order valence-electron chi connectivity index (χ4n) is 3.26. The Kier molecular flexibility index (Phi) is 4.65. The smallest absolute Gasteiger partial charge is 0.433 e. The molecule has 1 saturated heterocycles. The van der Waals surface area contributed by atoms with Gasteiger partial charge in [0, 0.05) is 30.7 Å². The van der Waals surface area contributed by atoms with Crippen molar-refractivity contribution in [1.29, 1.82) is 0 Å². The van der Waals surface area contributed by atoms with Crippen LogP contribution in [0.5, 0.6) is 5.75 Å². The van der Waals surface area contributed by atoms with Gasteiger partial charge in [0.15, 0.2) is 0 Å². The van der Waals surface area contributed by atoms with Crippen LogP contribution >= 0.6 is 0 Å². The fraction of sp³-hybridized carbons (Fsp3) is 0.316. The summed E-state index contributed by atoms with van der Waals surface area (Å²) < 4.78 is 45.8. The Hall–Kier alpha value is -3.14. The predicted molar refractivity (Wildman–Crippen MR) is 100 cm³/mol. The number of fused-ring (bicyclic) bond motifs is 1. The molecule has 1 aromatic carbocycles. The number of amides is 1. The van der Waals surface area contributed by atoms with Gasteiger partial charge in [-0.15, -0.1) is 0 Å². The SMILES string of the molecule is COc1cc2nn(C3CN(C)C3)cc2cc1NC(=O)c1cccc(C(F)(F)F)n1. The number of alkyl halides is 3. The van der Waals surface area contributed by atoms with Crippen molar-refractivity contribution in [2.24, 2.45) is 0 Å². The molecule has 3 heterocycles. The number of likely N-dealkylation sites (N-methyl/N-ethyl adjacent to an activating group) is 1. The summed E-state index contributed by atoms with van der Waals surface area (Å²) >= 11 is 0. The van der Waals surface area contributed by atoms with Crippen LogP contribution in [0.1, 0.15) is 22.2 Å². The van der Waals surface area contributed by atoms with Gasteiger partial charge in [-0.3, -0.25) is 9.48 Å². The van der Waals surface area contributed by atoms with E-state index < -0.39 is 17.8 Å². The Bertz CT molecular complexity index is 1070. The molecule has 7 nitrogen and oxygen atoms in total. The van der Waals surface area contributed by atoms with Gasteiger partial charge in [-0.25, -0.2) is 4.98 Å². The van der Waals surface area contributed by atoms with Crippen LogP contribution in [0.2, 0.25) is 0 Å². The number of carbonyl (C=O) groups is 1. The third-order valence-electron chi connectivity index (χ3n) is 4.78. The Balaban J connectivity index is 1.62. The number of ether oxygens (including phenoxy) is 1. The molecule has 0 saturated carbocycles. The van der Waals surface area contributed by atoms with Crippen molar-refractivity contribution in [3.63, 3.8) is 0 Å². The van der Waals surface area contributed by atoms with Gasteiger partial charge in [-0.05, 0) is 25.2 Å². The number of methoxy groups -OCH3 is 1. The Labute approximate surface area is 164 Å². The second-order valence-electron chi connectivity index (χ2n) is 6.96. The number of aromatic nitrogens is 3. The molecule has 0 radical (unpaired) electrons. The lowest BCUT2D eigenvalue weighted by Crippen LogP contribution is -2.45. The quantitative estimate of drug-likeness (QED) is 0.722. The molecule has 0 aliphatic carbocycles. The average molecular weight is 405 g/mol. The number of hydrogen-bond donors (Lipinski definition) is 1. The minimum absolute atomic E-state index is 0.283. The van der Waals surface area contributed by atoms with Crippen molar-refractivity contribution in [1.82, 2.24) is 19.7 Å². The van der Waals surface area contributed by atoms with Crippen molar-refractivity contribution < 1.29 is 22.7 Å². The lowest BCUT2D eigenvalue weighted by molar-refractivity contribution is -0.141. The van der Waals surface area contributed by atoms with Gasteiger partial charge in [0.05, 0.1) is 24.4 Å². The van der Waals surface area contributed by atoms with Gasteiger partial charge < -0.3 is 15.0 Å². The van der Waals surface area contributed by atoms with Crippen molar-refractivity contribution in [3.8, 4) is 5.75 Å². The molecule has 0 bridgehead atoms. The first-order valence-corrected chi connectivity index (χ1v) is 8.85. The summed E-state index contributed by atoms with van der Waals surface area (Å²) in [5, 5.41) is 7.92. The van der Waals surface area contributed by atoms with E-state index in [0.29, 0.717) is 17.0 Å². The highest BCUT2D eigenvalue weighted by Crippen LogP contribution is 2.32. The molecule has 29 heavy (non-hydrogen) atoms. The molecule has 0 unspecified atom stereocenters. The summed E-state index contributed by atoms with van der Waals surface area (Å²) in [4.78, 5) is 18.1. The largest absolute Gasteiger partial charge is 0.494 e. The minimum Gasteiger partial charge on any atom is -0.494 e. The lowest BCUT2D eigenvalue weighted by Gasteiger charge is -2.36. The van der Waals surface area contributed by atoms with E-state index in [2.05, 4.69) is 20.3 Å². The highest BCUT2D eigenvalue weighted by molar-refractivity contribution is 6.05. The highest BCUT2D eigenvalue weighted by atomic mass is 19.4. The van der Waals surface area contributed by atoms with E-state index in [1.807, 2.05) is 17.9 Å². The van der Waals surface area contributed by atoms with Crippen LogP contribution in [-0.4, -0.2) is 52.8 Å². The Morgan fingerprint density at radius 1 is 1.28 bits per heavy atom. The number of nitrogens with one attached hydrogen (secondary N) is 1. The second-order valence-corrected chi connectivity index (χ2v) is 6.96. The zero-order chi connectivity index (χ0) is 20.8. The number of carbonyl (C=O) groups excluding carboxylic acids is 1. The molecule has 10 heteroatoms.